The van der Waals surface area contributed by atoms with Crippen LogP contribution >= 0.6 is 11.6 Å². The van der Waals surface area contributed by atoms with Gasteiger partial charge >= 0.3 is 0 Å². The second-order valence-electron chi connectivity index (χ2n) is 6.79. The molecule has 4 rings (SSSR count). The largest absolute Gasteiger partial charge is 0.271 e. The van der Waals surface area contributed by atoms with E-state index in [1.807, 2.05) is 67.7 Å². The fraction of sp³-hybridized carbons (Fsp3) is 0.0417. The van der Waals surface area contributed by atoms with Crippen LogP contribution in [0.5, 0.6) is 0 Å². The van der Waals surface area contributed by atoms with E-state index in [2.05, 4.69) is 10.5 Å². The van der Waals surface area contributed by atoms with Gasteiger partial charge in [0, 0.05) is 27.9 Å². The molecule has 0 aliphatic heterocycles. The summed E-state index contributed by atoms with van der Waals surface area (Å²) in [5.41, 5.74) is 7.69. The van der Waals surface area contributed by atoms with Crippen LogP contribution in [0, 0.1) is 6.92 Å². The van der Waals surface area contributed by atoms with Crippen molar-refractivity contribution in [3.63, 3.8) is 0 Å². The number of aromatic nitrogens is 2. The van der Waals surface area contributed by atoms with Gasteiger partial charge in [-0.05, 0) is 43.3 Å². The van der Waals surface area contributed by atoms with Gasteiger partial charge in [0.05, 0.1) is 11.9 Å². The normalized spacial score (nSPS) is 11.0. The summed E-state index contributed by atoms with van der Waals surface area (Å²) in [5, 5.41) is 9.46. The second-order valence-corrected chi connectivity index (χ2v) is 7.22. The Labute approximate surface area is 179 Å². The minimum absolute atomic E-state index is 0.310. The highest BCUT2D eigenvalue weighted by Crippen LogP contribution is 2.23. The van der Waals surface area contributed by atoms with E-state index in [1.54, 1.807) is 35.2 Å². The maximum absolute atomic E-state index is 12.3. The number of hydrogen-bond donors (Lipinski definition) is 1. The first-order valence-electron chi connectivity index (χ1n) is 9.41. The van der Waals surface area contributed by atoms with Crippen molar-refractivity contribution in [2.45, 2.75) is 6.92 Å². The number of amides is 1. The van der Waals surface area contributed by atoms with Crippen molar-refractivity contribution in [2.75, 3.05) is 0 Å². The highest BCUT2D eigenvalue weighted by atomic mass is 35.5. The first-order chi connectivity index (χ1) is 14.6. The molecule has 0 bridgehead atoms. The predicted molar refractivity (Wildman–Crippen MR) is 120 cm³/mol. The monoisotopic (exact) mass is 414 g/mol. The number of carbonyl (C=O) groups is 1. The molecule has 1 heterocycles. The summed E-state index contributed by atoms with van der Waals surface area (Å²) in [6.45, 7) is 2.04. The molecule has 1 N–H and O–H groups in total. The van der Waals surface area contributed by atoms with Gasteiger partial charge in [-0.2, -0.15) is 10.2 Å². The number of halogens is 1. The van der Waals surface area contributed by atoms with E-state index < -0.39 is 0 Å². The number of para-hydroxylation sites is 1. The molecule has 0 atom stereocenters. The van der Waals surface area contributed by atoms with Crippen LogP contribution in [0.25, 0.3) is 16.9 Å². The zero-order chi connectivity index (χ0) is 20.9. The van der Waals surface area contributed by atoms with Gasteiger partial charge in [0.15, 0.2) is 0 Å². The third kappa shape index (κ3) is 4.47. The number of aryl methyl sites for hydroxylation is 1. The molecule has 6 heteroatoms. The van der Waals surface area contributed by atoms with Crippen LogP contribution < -0.4 is 5.43 Å². The van der Waals surface area contributed by atoms with Crippen LogP contribution in [0.2, 0.25) is 5.02 Å². The Morgan fingerprint density at radius 2 is 1.70 bits per heavy atom. The average molecular weight is 415 g/mol. The lowest BCUT2D eigenvalue weighted by molar-refractivity contribution is 0.0955. The van der Waals surface area contributed by atoms with Crippen molar-refractivity contribution in [3.8, 4) is 16.9 Å². The lowest BCUT2D eigenvalue weighted by Crippen LogP contribution is -2.17. The SMILES string of the molecule is Cc1ccc(-c2nn(-c3ccccc3)cc2/C=N\NC(=O)c2ccc(Cl)cc2)cc1. The summed E-state index contributed by atoms with van der Waals surface area (Å²) in [5.74, 6) is -0.310. The van der Waals surface area contributed by atoms with Crippen LogP contribution in [-0.2, 0) is 0 Å². The minimum Gasteiger partial charge on any atom is -0.267 e. The molecule has 30 heavy (non-hydrogen) atoms. The Kier molecular flexibility index (Phi) is 5.72. The van der Waals surface area contributed by atoms with Crippen molar-refractivity contribution in [2.24, 2.45) is 5.10 Å². The van der Waals surface area contributed by atoms with Crippen LogP contribution in [-0.4, -0.2) is 21.9 Å². The van der Waals surface area contributed by atoms with Crippen molar-refractivity contribution in [3.05, 3.63) is 107 Å². The summed E-state index contributed by atoms with van der Waals surface area (Å²) < 4.78 is 1.80. The first-order valence-corrected chi connectivity index (χ1v) is 9.79. The molecule has 4 aromatic rings. The Morgan fingerprint density at radius 3 is 2.40 bits per heavy atom. The van der Waals surface area contributed by atoms with Crippen molar-refractivity contribution in [1.82, 2.24) is 15.2 Å². The zero-order valence-electron chi connectivity index (χ0n) is 16.3. The van der Waals surface area contributed by atoms with Gasteiger partial charge in [0.1, 0.15) is 5.69 Å². The molecule has 0 fully saturated rings. The fourth-order valence-corrected chi connectivity index (χ4v) is 3.08. The van der Waals surface area contributed by atoms with Gasteiger partial charge in [-0.1, -0.05) is 59.6 Å². The topological polar surface area (TPSA) is 59.3 Å². The fourth-order valence-electron chi connectivity index (χ4n) is 2.96. The Morgan fingerprint density at radius 1 is 1.00 bits per heavy atom. The molecule has 1 aromatic heterocycles. The number of nitrogens with one attached hydrogen (secondary N) is 1. The molecule has 0 unspecified atom stereocenters. The highest BCUT2D eigenvalue weighted by Gasteiger charge is 2.11. The van der Waals surface area contributed by atoms with Gasteiger partial charge in [-0.25, -0.2) is 10.1 Å². The maximum atomic E-state index is 12.3. The Balaban J connectivity index is 1.63. The van der Waals surface area contributed by atoms with E-state index in [9.17, 15) is 4.79 Å². The highest BCUT2D eigenvalue weighted by molar-refractivity contribution is 6.30. The van der Waals surface area contributed by atoms with Gasteiger partial charge in [0.2, 0.25) is 0 Å². The first kappa shape index (κ1) is 19.6. The number of benzene rings is 3. The molecule has 1 amide bonds. The number of nitrogens with zero attached hydrogens (tertiary/aromatic N) is 3. The van der Waals surface area contributed by atoms with Crippen LogP contribution in [0.15, 0.2) is 90.2 Å². The predicted octanol–water partition coefficient (Wildman–Crippen LogP) is 5.27. The summed E-state index contributed by atoms with van der Waals surface area (Å²) in [6, 6.07) is 24.6. The minimum atomic E-state index is -0.310. The zero-order valence-corrected chi connectivity index (χ0v) is 17.0. The molecule has 0 aliphatic carbocycles. The summed E-state index contributed by atoms with van der Waals surface area (Å²) in [7, 11) is 0. The molecule has 148 valence electrons. The van der Waals surface area contributed by atoms with Crippen molar-refractivity contribution in [1.29, 1.82) is 0 Å². The third-order valence-electron chi connectivity index (χ3n) is 4.56. The molecule has 3 aromatic carbocycles. The lowest BCUT2D eigenvalue weighted by Gasteiger charge is -2.01. The van der Waals surface area contributed by atoms with Gasteiger partial charge < -0.3 is 0 Å². The molecule has 0 aliphatic rings. The van der Waals surface area contributed by atoms with E-state index >= 15 is 0 Å². The number of rotatable bonds is 5. The molecule has 0 saturated carbocycles. The molecule has 5 nitrogen and oxygen atoms in total. The van der Waals surface area contributed by atoms with Crippen LogP contribution in [0.1, 0.15) is 21.5 Å². The van der Waals surface area contributed by atoms with Gasteiger partial charge in [0.25, 0.3) is 5.91 Å². The Bertz CT molecular complexity index is 1180. The molecule has 0 spiro atoms. The van der Waals surface area contributed by atoms with Gasteiger partial charge in [-0.15, -0.1) is 0 Å². The van der Waals surface area contributed by atoms with Crippen molar-refractivity contribution >= 4 is 23.7 Å². The van der Waals surface area contributed by atoms with Crippen molar-refractivity contribution < 1.29 is 4.79 Å². The number of carbonyl (C=O) groups excluding carboxylic acids is 1. The standard InChI is InChI=1S/C24H19ClN4O/c1-17-7-9-18(10-8-17)23-20(16-29(28-23)22-5-3-2-4-6-22)15-26-27-24(30)19-11-13-21(25)14-12-19/h2-16H,1H3,(H,27,30)/b26-15-. The van der Waals surface area contributed by atoms with Crippen LogP contribution in [0.3, 0.4) is 0 Å². The lowest BCUT2D eigenvalue weighted by atomic mass is 10.1. The van der Waals surface area contributed by atoms with E-state index in [0.717, 1.165) is 22.5 Å². The third-order valence-corrected chi connectivity index (χ3v) is 4.82. The summed E-state index contributed by atoms with van der Waals surface area (Å²) in [4.78, 5) is 12.3. The second kappa shape index (κ2) is 8.76. The summed E-state index contributed by atoms with van der Waals surface area (Å²) >= 11 is 5.87. The van der Waals surface area contributed by atoms with Gasteiger partial charge in [-0.3, -0.25) is 4.79 Å². The van der Waals surface area contributed by atoms with E-state index in [-0.39, 0.29) is 5.91 Å². The van der Waals surface area contributed by atoms with E-state index in [0.29, 0.717) is 10.6 Å². The molecular weight excluding hydrogens is 396 g/mol. The maximum Gasteiger partial charge on any atom is 0.271 e. The average Bonchev–Trinajstić information content (AvgIpc) is 3.19. The van der Waals surface area contributed by atoms with E-state index in [1.165, 1.54) is 5.56 Å². The molecular formula is C24H19ClN4O. The quantitative estimate of drug-likeness (QED) is 0.357. The Hall–Kier alpha value is -3.70. The smallest absolute Gasteiger partial charge is 0.267 e. The molecule has 0 radical (unpaired) electrons. The summed E-state index contributed by atoms with van der Waals surface area (Å²) in [6.07, 6.45) is 3.50. The number of hydrazone groups is 1. The molecule has 0 saturated heterocycles. The number of hydrogen-bond acceptors (Lipinski definition) is 3. The van der Waals surface area contributed by atoms with Crippen LogP contribution in [0.4, 0.5) is 0 Å². The van der Waals surface area contributed by atoms with E-state index in [4.69, 9.17) is 16.7 Å².